The molecule has 146 valence electrons. The largest absolute Gasteiger partial charge is 0.352 e. The number of nitrogens with zero attached hydrogens (tertiary/aromatic N) is 2. The Morgan fingerprint density at radius 3 is 2.59 bits per heavy atom. The highest BCUT2D eigenvalue weighted by atomic mass is 35.5. The van der Waals surface area contributed by atoms with Crippen molar-refractivity contribution in [2.45, 2.75) is 17.1 Å². The van der Waals surface area contributed by atoms with E-state index in [9.17, 15) is 4.79 Å². The van der Waals surface area contributed by atoms with Gasteiger partial charge in [0.25, 0.3) is 5.91 Å². The molecule has 0 atom stereocenters. The number of thioether (sulfide) groups is 1. The summed E-state index contributed by atoms with van der Waals surface area (Å²) in [4.78, 5) is 18.1. The first kappa shape index (κ1) is 19.6. The van der Waals surface area contributed by atoms with E-state index in [0.29, 0.717) is 18.5 Å². The molecule has 2 aromatic heterocycles. The van der Waals surface area contributed by atoms with Crippen LogP contribution in [-0.4, -0.2) is 21.8 Å². The number of imidazole rings is 1. The van der Waals surface area contributed by atoms with Crippen LogP contribution in [0, 0.1) is 0 Å². The molecule has 0 bridgehead atoms. The molecule has 0 radical (unpaired) electrons. The van der Waals surface area contributed by atoms with E-state index >= 15 is 0 Å². The molecule has 2 heterocycles. The molecule has 4 aromatic rings. The molecule has 2 aromatic carbocycles. The third-order valence-corrected chi connectivity index (χ3v) is 5.85. The topological polar surface area (TPSA) is 46.4 Å². The number of fused-ring (bicyclic) bond motifs is 1. The zero-order valence-corrected chi connectivity index (χ0v) is 17.3. The summed E-state index contributed by atoms with van der Waals surface area (Å²) in [5.41, 5.74) is 3.72. The fourth-order valence-corrected chi connectivity index (χ4v) is 3.94. The molecule has 0 aliphatic rings. The number of carbonyl (C=O) groups is 1. The van der Waals surface area contributed by atoms with Crippen molar-refractivity contribution < 1.29 is 4.79 Å². The zero-order chi connectivity index (χ0) is 20.1. The van der Waals surface area contributed by atoms with E-state index < -0.39 is 0 Å². The van der Waals surface area contributed by atoms with Crippen LogP contribution in [0.4, 0.5) is 0 Å². The van der Waals surface area contributed by atoms with E-state index in [0.717, 1.165) is 22.1 Å². The lowest BCUT2D eigenvalue weighted by molar-refractivity contribution is 0.0954. The molecule has 0 fully saturated rings. The zero-order valence-electron chi connectivity index (χ0n) is 15.7. The maximum absolute atomic E-state index is 12.4. The summed E-state index contributed by atoms with van der Waals surface area (Å²) >= 11 is 7.66. The van der Waals surface area contributed by atoms with E-state index in [-0.39, 0.29) is 5.91 Å². The van der Waals surface area contributed by atoms with Crippen LogP contribution >= 0.6 is 23.4 Å². The van der Waals surface area contributed by atoms with Crippen LogP contribution in [0.1, 0.15) is 21.6 Å². The van der Waals surface area contributed by atoms with Crippen LogP contribution in [0.3, 0.4) is 0 Å². The number of nitrogens with one attached hydrogen (secondary N) is 1. The lowest BCUT2D eigenvalue weighted by atomic mass is 10.1. The van der Waals surface area contributed by atoms with Gasteiger partial charge >= 0.3 is 0 Å². The Hall–Kier alpha value is -2.76. The summed E-state index contributed by atoms with van der Waals surface area (Å²) in [5.74, 6) is 0.780. The number of halogens is 1. The second-order valence-electron chi connectivity index (χ2n) is 6.64. The highest BCUT2D eigenvalue weighted by molar-refractivity contribution is 7.98. The molecular weight excluding hydrogens is 402 g/mol. The van der Waals surface area contributed by atoms with Crippen LogP contribution in [0.5, 0.6) is 0 Å². The van der Waals surface area contributed by atoms with Crippen LogP contribution < -0.4 is 5.32 Å². The molecule has 0 saturated heterocycles. The van der Waals surface area contributed by atoms with Crippen molar-refractivity contribution >= 4 is 34.9 Å². The van der Waals surface area contributed by atoms with E-state index in [1.807, 2.05) is 83.5 Å². The smallest absolute Gasteiger partial charge is 0.251 e. The number of hydrogen-bond acceptors (Lipinski definition) is 3. The maximum Gasteiger partial charge on any atom is 0.251 e. The van der Waals surface area contributed by atoms with Crippen molar-refractivity contribution in [1.29, 1.82) is 0 Å². The highest BCUT2D eigenvalue weighted by Gasteiger charge is 2.07. The van der Waals surface area contributed by atoms with Crippen molar-refractivity contribution in [2.24, 2.45) is 0 Å². The van der Waals surface area contributed by atoms with Crippen molar-refractivity contribution in [3.8, 4) is 0 Å². The van der Waals surface area contributed by atoms with E-state index in [2.05, 4.69) is 10.3 Å². The van der Waals surface area contributed by atoms with Crippen molar-refractivity contribution in [3.05, 3.63) is 101 Å². The molecule has 0 saturated carbocycles. The van der Waals surface area contributed by atoms with Gasteiger partial charge in [-0.15, -0.1) is 11.8 Å². The van der Waals surface area contributed by atoms with E-state index in [4.69, 9.17) is 11.6 Å². The molecular formula is C23H20ClN3OS. The Kier molecular flexibility index (Phi) is 6.17. The van der Waals surface area contributed by atoms with Crippen LogP contribution in [-0.2, 0) is 12.2 Å². The number of pyridine rings is 1. The molecule has 0 spiro atoms. The first-order valence-electron chi connectivity index (χ1n) is 9.35. The Morgan fingerprint density at radius 2 is 1.83 bits per heavy atom. The minimum absolute atomic E-state index is 0.0642. The molecule has 6 heteroatoms. The highest BCUT2D eigenvalue weighted by Crippen LogP contribution is 2.24. The van der Waals surface area contributed by atoms with Gasteiger partial charge in [-0.25, -0.2) is 4.98 Å². The Labute approximate surface area is 178 Å². The number of amides is 1. The second-order valence-corrected chi connectivity index (χ2v) is 8.13. The van der Waals surface area contributed by atoms with Crippen LogP contribution in [0.25, 0.3) is 5.65 Å². The molecule has 1 amide bonds. The molecule has 29 heavy (non-hydrogen) atoms. The minimum atomic E-state index is -0.0642. The number of benzene rings is 2. The van der Waals surface area contributed by atoms with E-state index in [1.165, 1.54) is 10.5 Å². The first-order valence-corrected chi connectivity index (χ1v) is 10.7. The monoisotopic (exact) mass is 421 g/mol. The average molecular weight is 422 g/mol. The Morgan fingerprint density at radius 1 is 1.03 bits per heavy atom. The normalized spacial score (nSPS) is 10.9. The first-order chi connectivity index (χ1) is 14.2. The van der Waals surface area contributed by atoms with Crippen molar-refractivity contribution in [1.82, 2.24) is 14.7 Å². The summed E-state index contributed by atoms with van der Waals surface area (Å²) in [7, 11) is 0. The number of aromatic nitrogens is 2. The van der Waals surface area contributed by atoms with Gasteiger partial charge in [-0.05, 0) is 54.1 Å². The van der Waals surface area contributed by atoms with E-state index in [1.54, 1.807) is 11.8 Å². The number of carbonyl (C=O) groups excluding carboxylic acids is 1. The average Bonchev–Trinajstić information content (AvgIpc) is 3.16. The van der Waals surface area contributed by atoms with Crippen molar-refractivity contribution in [2.75, 3.05) is 6.54 Å². The molecule has 1 N–H and O–H groups in total. The van der Waals surface area contributed by atoms with Gasteiger partial charge < -0.3 is 9.72 Å². The Balaban J connectivity index is 1.26. The summed E-state index contributed by atoms with van der Waals surface area (Å²) in [6.07, 6.45) is 4.66. The van der Waals surface area contributed by atoms with Gasteiger partial charge in [-0.2, -0.15) is 0 Å². The van der Waals surface area contributed by atoms with Gasteiger partial charge in [0.2, 0.25) is 0 Å². The SMILES string of the molecule is O=C(NCCc1cn2ccccc2n1)c1ccc(CSc2ccc(Cl)cc2)cc1. The minimum Gasteiger partial charge on any atom is -0.352 e. The summed E-state index contributed by atoms with van der Waals surface area (Å²) in [5, 5.41) is 3.71. The standard InChI is InChI=1S/C23H20ClN3OS/c24-19-8-10-21(11-9-19)29-16-17-4-6-18(7-5-17)23(28)25-13-12-20-15-27-14-2-1-3-22(27)26-20/h1-11,14-15H,12-13,16H2,(H,25,28). The third-order valence-electron chi connectivity index (χ3n) is 4.52. The molecule has 0 unspecified atom stereocenters. The molecule has 0 aliphatic carbocycles. The summed E-state index contributed by atoms with van der Waals surface area (Å²) in [6, 6.07) is 21.5. The summed E-state index contributed by atoms with van der Waals surface area (Å²) < 4.78 is 1.98. The summed E-state index contributed by atoms with van der Waals surface area (Å²) in [6.45, 7) is 0.552. The van der Waals surface area contributed by atoms with Crippen LogP contribution in [0.15, 0.2) is 84.0 Å². The number of hydrogen-bond donors (Lipinski definition) is 1. The van der Waals surface area contributed by atoms with Gasteiger partial charge in [-0.1, -0.05) is 29.8 Å². The maximum atomic E-state index is 12.4. The lowest BCUT2D eigenvalue weighted by Gasteiger charge is -2.06. The van der Waals surface area contributed by atoms with Gasteiger partial charge in [0.05, 0.1) is 5.69 Å². The third kappa shape index (κ3) is 5.19. The Bertz CT molecular complexity index is 1070. The van der Waals surface area contributed by atoms with Gasteiger partial charge in [0.1, 0.15) is 5.65 Å². The van der Waals surface area contributed by atoms with Crippen molar-refractivity contribution in [3.63, 3.8) is 0 Å². The second kappa shape index (κ2) is 9.16. The van der Waals surface area contributed by atoms with Crippen LogP contribution in [0.2, 0.25) is 5.02 Å². The molecule has 0 aliphatic heterocycles. The lowest BCUT2D eigenvalue weighted by Crippen LogP contribution is -2.25. The predicted molar refractivity (Wildman–Crippen MR) is 119 cm³/mol. The predicted octanol–water partition coefficient (Wildman–Crippen LogP) is 5.25. The van der Waals surface area contributed by atoms with Gasteiger partial charge in [-0.3, -0.25) is 4.79 Å². The fourth-order valence-electron chi connectivity index (χ4n) is 2.96. The molecule has 4 nitrogen and oxygen atoms in total. The van der Waals surface area contributed by atoms with Gasteiger partial charge in [0, 0.05) is 46.6 Å². The quantitative estimate of drug-likeness (QED) is 0.414. The van der Waals surface area contributed by atoms with Gasteiger partial charge in [0.15, 0.2) is 0 Å². The fraction of sp³-hybridized carbons (Fsp3) is 0.130. The number of rotatable bonds is 7. The molecule has 4 rings (SSSR count).